The number of rotatable bonds is 6. The Morgan fingerprint density at radius 2 is 2.07 bits per heavy atom. The van der Waals surface area contributed by atoms with E-state index >= 15 is 0 Å². The van der Waals surface area contributed by atoms with Crippen LogP contribution in [0, 0.1) is 10.1 Å². The number of nitro groups is 1. The maximum atomic E-state index is 12.8. The van der Waals surface area contributed by atoms with Crippen molar-refractivity contribution in [3.8, 4) is 11.3 Å². The van der Waals surface area contributed by atoms with Crippen LogP contribution >= 0.6 is 23.1 Å². The van der Waals surface area contributed by atoms with Crippen molar-refractivity contribution in [1.29, 1.82) is 0 Å². The van der Waals surface area contributed by atoms with Crippen LogP contribution < -0.4 is 0 Å². The summed E-state index contributed by atoms with van der Waals surface area (Å²) in [7, 11) is 0. The van der Waals surface area contributed by atoms with Crippen LogP contribution in [-0.4, -0.2) is 32.4 Å². The van der Waals surface area contributed by atoms with E-state index < -0.39 is 4.92 Å². The number of hydrogen-bond acceptors (Lipinski definition) is 8. The maximum absolute atomic E-state index is 12.8. The predicted octanol–water partition coefficient (Wildman–Crippen LogP) is 5.10. The molecular weight excluding hydrogens is 424 g/mol. The molecule has 1 saturated heterocycles. The summed E-state index contributed by atoms with van der Waals surface area (Å²) in [5.74, 6) is 0.851. The Bertz CT molecular complexity index is 1160. The molecule has 10 heteroatoms. The maximum Gasteiger partial charge on any atom is 0.269 e. The van der Waals surface area contributed by atoms with Crippen LogP contribution in [0.15, 0.2) is 74.9 Å². The molecule has 1 aromatic carbocycles. The van der Waals surface area contributed by atoms with Gasteiger partial charge in [-0.3, -0.25) is 19.8 Å². The van der Waals surface area contributed by atoms with Crippen molar-refractivity contribution in [3.63, 3.8) is 0 Å². The second-order valence-corrected chi connectivity index (χ2v) is 7.91. The molecule has 2 aromatic heterocycles. The van der Waals surface area contributed by atoms with Gasteiger partial charge in [0.1, 0.15) is 11.5 Å². The fourth-order valence-corrected chi connectivity index (χ4v) is 4.23. The van der Waals surface area contributed by atoms with E-state index in [0.29, 0.717) is 38.8 Å². The van der Waals surface area contributed by atoms with Gasteiger partial charge in [0.25, 0.3) is 11.6 Å². The number of nitro benzene ring substituents is 1. The van der Waals surface area contributed by atoms with Crippen LogP contribution in [0.3, 0.4) is 0 Å². The molecule has 3 heterocycles. The highest BCUT2D eigenvalue weighted by molar-refractivity contribution is 8.18. The summed E-state index contributed by atoms with van der Waals surface area (Å²) >= 11 is 2.63. The van der Waals surface area contributed by atoms with Crippen molar-refractivity contribution in [2.45, 2.75) is 0 Å². The Hall–Kier alpha value is -3.50. The van der Waals surface area contributed by atoms with E-state index in [1.807, 2.05) is 5.38 Å². The van der Waals surface area contributed by atoms with Gasteiger partial charge in [-0.25, -0.2) is 4.98 Å². The van der Waals surface area contributed by atoms with Crippen LogP contribution in [0.25, 0.3) is 17.4 Å². The van der Waals surface area contributed by atoms with E-state index in [4.69, 9.17) is 4.42 Å². The van der Waals surface area contributed by atoms with Gasteiger partial charge in [-0.05, 0) is 36.0 Å². The van der Waals surface area contributed by atoms with Gasteiger partial charge in [0.05, 0.1) is 9.83 Å². The van der Waals surface area contributed by atoms with Crippen molar-refractivity contribution in [2.24, 2.45) is 4.99 Å². The molecule has 1 aliphatic rings. The fourth-order valence-electron chi connectivity index (χ4n) is 2.70. The van der Waals surface area contributed by atoms with E-state index in [-0.39, 0.29) is 11.6 Å². The van der Waals surface area contributed by atoms with Crippen molar-refractivity contribution < 1.29 is 14.1 Å². The third kappa shape index (κ3) is 4.09. The summed E-state index contributed by atoms with van der Waals surface area (Å²) in [6, 6.07) is 9.57. The normalized spacial score (nSPS) is 16.5. The molecule has 1 aliphatic heterocycles. The lowest BCUT2D eigenvalue weighted by Crippen LogP contribution is -2.29. The van der Waals surface area contributed by atoms with Crippen molar-refractivity contribution in [1.82, 2.24) is 9.88 Å². The highest BCUT2D eigenvalue weighted by Gasteiger charge is 2.33. The van der Waals surface area contributed by atoms with Gasteiger partial charge in [0.2, 0.25) is 5.13 Å². The molecule has 0 radical (unpaired) electrons. The summed E-state index contributed by atoms with van der Waals surface area (Å²) in [4.78, 5) is 33.7. The van der Waals surface area contributed by atoms with Gasteiger partial charge in [-0.1, -0.05) is 6.08 Å². The van der Waals surface area contributed by atoms with E-state index in [9.17, 15) is 14.9 Å². The predicted molar refractivity (Wildman–Crippen MR) is 117 cm³/mol. The monoisotopic (exact) mass is 438 g/mol. The Morgan fingerprint density at radius 3 is 2.73 bits per heavy atom. The smallest absolute Gasteiger partial charge is 0.269 e. The second kappa shape index (κ2) is 8.47. The summed E-state index contributed by atoms with van der Waals surface area (Å²) in [6.07, 6.45) is 4.95. The topological polar surface area (TPSA) is 102 Å². The molecule has 30 heavy (non-hydrogen) atoms. The van der Waals surface area contributed by atoms with Crippen molar-refractivity contribution in [2.75, 3.05) is 6.54 Å². The van der Waals surface area contributed by atoms with Gasteiger partial charge in [0.15, 0.2) is 5.17 Å². The number of amidine groups is 1. The highest BCUT2D eigenvalue weighted by atomic mass is 32.2. The molecule has 0 N–H and O–H groups in total. The molecule has 4 rings (SSSR count). The highest BCUT2D eigenvalue weighted by Crippen LogP contribution is 2.35. The molecule has 0 unspecified atom stereocenters. The first-order chi connectivity index (χ1) is 14.5. The molecule has 8 nitrogen and oxygen atoms in total. The first kappa shape index (κ1) is 19.8. The number of carbonyl (C=O) groups excluding carboxylic acids is 1. The van der Waals surface area contributed by atoms with Crippen LogP contribution in [0.1, 0.15) is 5.76 Å². The van der Waals surface area contributed by atoms with Crippen LogP contribution in [0.2, 0.25) is 0 Å². The number of thiazole rings is 1. The van der Waals surface area contributed by atoms with Gasteiger partial charge < -0.3 is 4.42 Å². The number of carbonyl (C=O) groups is 1. The quantitative estimate of drug-likeness (QED) is 0.230. The molecular formula is C20H14N4O4S2. The summed E-state index contributed by atoms with van der Waals surface area (Å²) < 4.78 is 5.82. The number of nitrogens with zero attached hydrogens (tertiary/aromatic N) is 4. The number of aliphatic imine (C=N–C) groups is 1. The van der Waals surface area contributed by atoms with E-state index in [1.165, 1.54) is 40.1 Å². The number of benzene rings is 1. The van der Waals surface area contributed by atoms with Crippen LogP contribution in [0.5, 0.6) is 0 Å². The van der Waals surface area contributed by atoms with Gasteiger partial charge in [-0.15, -0.1) is 17.9 Å². The standard InChI is InChI=1S/C20H14N4O4S2/c1-2-10-23-18(25)17(30-20(23)22-19-21-9-11-29-19)12-15-7-8-16(28-15)13-3-5-14(6-4-13)24(26)27/h2-9,11-12H,1,10H2/b17-12-,22-20+. The minimum absolute atomic E-state index is 0.00922. The molecule has 1 fully saturated rings. The van der Waals surface area contributed by atoms with Crippen molar-refractivity contribution >= 4 is 51.1 Å². The first-order valence-corrected chi connectivity index (χ1v) is 10.4. The molecule has 0 bridgehead atoms. The fraction of sp³-hybridized carbons (Fsp3) is 0.0500. The molecule has 1 amide bonds. The third-order valence-corrected chi connectivity index (χ3v) is 5.75. The van der Waals surface area contributed by atoms with Gasteiger partial charge in [0, 0.05) is 41.9 Å². The van der Waals surface area contributed by atoms with E-state index in [1.54, 1.807) is 42.6 Å². The Labute approximate surface area is 179 Å². The zero-order chi connectivity index (χ0) is 21.1. The van der Waals surface area contributed by atoms with Gasteiger partial charge in [-0.2, -0.15) is 4.99 Å². The third-order valence-electron chi connectivity index (χ3n) is 4.07. The second-order valence-electron chi connectivity index (χ2n) is 6.03. The average Bonchev–Trinajstić information content (AvgIpc) is 3.47. The van der Waals surface area contributed by atoms with Crippen molar-refractivity contribution in [3.05, 3.63) is 81.4 Å². The lowest BCUT2D eigenvalue weighted by molar-refractivity contribution is -0.384. The largest absolute Gasteiger partial charge is 0.457 e. The number of hydrogen-bond donors (Lipinski definition) is 0. The number of amides is 1. The first-order valence-electron chi connectivity index (χ1n) is 8.70. The Morgan fingerprint density at radius 1 is 1.27 bits per heavy atom. The molecule has 3 aromatic rings. The summed E-state index contributed by atoms with van der Waals surface area (Å²) in [6.45, 7) is 4.03. The number of aromatic nitrogens is 1. The minimum Gasteiger partial charge on any atom is -0.457 e. The average molecular weight is 438 g/mol. The summed E-state index contributed by atoms with van der Waals surface area (Å²) in [5.41, 5.74) is 0.713. The lowest BCUT2D eigenvalue weighted by Gasteiger charge is -2.11. The zero-order valence-electron chi connectivity index (χ0n) is 15.4. The molecule has 150 valence electrons. The van der Waals surface area contributed by atoms with Crippen LogP contribution in [-0.2, 0) is 4.79 Å². The number of furan rings is 1. The van der Waals surface area contributed by atoms with Crippen LogP contribution in [0.4, 0.5) is 10.8 Å². The Kier molecular flexibility index (Phi) is 5.59. The van der Waals surface area contributed by atoms with E-state index in [2.05, 4.69) is 16.6 Å². The number of non-ortho nitro benzene ring substituents is 1. The summed E-state index contributed by atoms with van der Waals surface area (Å²) in [5, 5.41) is 13.7. The SMILES string of the molecule is C=CCN1C(=O)/C(=C/c2ccc(-c3ccc([N+](=O)[O-])cc3)o2)S/C1=N/c1nccs1. The number of thioether (sulfide) groups is 1. The van der Waals surface area contributed by atoms with Gasteiger partial charge >= 0.3 is 0 Å². The minimum atomic E-state index is -0.454. The molecule has 0 aliphatic carbocycles. The zero-order valence-corrected chi connectivity index (χ0v) is 17.1. The molecule has 0 saturated carbocycles. The Balaban J connectivity index is 1.59. The van der Waals surface area contributed by atoms with E-state index in [0.717, 1.165) is 0 Å². The molecule has 0 atom stereocenters. The lowest BCUT2D eigenvalue weighted by atomic mass is 10.1. The molecule has 0 spiro atoms.